The van der Waals surface area contributed by atoms with E-state index in [4.69, 9.17) is 14.4 Å². The van der Waals surface area contributed by atoms with Crippen LogP contribution in [0.4, 0.5) is 17.1 Å². The Bertz CT molecular complexity index is 3160. The van der Waals surface area contributed by atoms with Crippen LogP contribution in [0.15, 0.2) is 120 Å². The van der Waals surface area contributed by atoms with Crippen molar-refractivity contribution < 1.29 is 19.4 Å². The lowest BCUT2D eigenvalue weighted by Crippen LogP contribution is -2.48. The van der Waals surface area contributed by atoms with Gasteiger partial charge < -0.3 is 35.2 Å². The monoisotopic (exact) mass is 1130 g/mol. The number of nitrogens with one attached hydrogen (secondary N) is 3. The molecule has 6 aromatic carbocycles. The Morgan fingerprint density at radius 3 is 1.35 bits per heavy atom. The third-order valence-electron chi connectivity index (χ3n) is 18.2. The maximum absolute atomic E-state index is 14.9. The smallest absolute Gasteiger partial charge is 0.427 e. The summed E-state index contributed by atoms with van der Waals surface area (Å²) in [4.78, 5) is 20.2. The zero-order valence-corrected chi connectivity index (χ0v) is 51.9. The first-order valence-electron chi connectivity index (χ1n) is 33.9. The summed E-state index contributed by atoms with van der Waals surface area (Å²) in [6.07, 6.45) is 41.1. The number of nitrogens with zero attached hydrogens (tertiary/aromatic N) is 1. The highest BCUT2D eigenvalue weighted by atomic mass is 16.5. The van der Waals surface area contributed by atoms with Crippen LogP contribution in [0.25, 0.3) is 32.7 Å². The number of anilines is 3. The van der Waals surface area contributed by atoms with Crippen LogP contribution in [0.3, 0.4) is 0 Å². The SMILES string of the molecule is CCCCCCCCCC(CCCCCCCCC)Oc1ccc(B2N=c3/c(=C4\C(=O)C(c5ccc6cccc7c6c5NB(c5ccc(OC(CCCCCCCCC)CCCCCCCCC)cc5)N7)=C4[O-])ccc4cccc(c34)N2)cc1. The quantitative estimate of drug-likeness (QED) is 0.0261. The number of Topliss-reactive ketones (excluding diaryl/α,β-unsaturated/α-hetero) is 1. The van der Waals surface area contributed by atoms with Crippen LogP contribution in [-0.2, 0) is 4.79 Å². The number of benzene rings is 6. The van der Waals surface area contributed by atoms with Crippen LogP contribution in [0, 0.1) is 0 Å². The van der Waals surface area contributed by atoms with Gasteiger partial charge in [0, 0.05) is 49.8 Å². The number of unbranched alkanes of at least 4 members (excludes halogenated alkanes) is 24. The molecule has 1 aliphatic carbocycles. The second-order valence-electron chi connectivity index (χ2n) is 24.8. The van der Waals surface area contributed by atoms with Gasteiger partial charge in [-0.3, -0.25) is 4.79 Å². The minimum Gasteiger partial charge on any atom is -0.871 e. The molecule has 0 saturated heterocycles. The molecule has 0 unspecified atom stereocenters. The molecule has 0 bridgehead atoms. The predicted octanol–water partition coefficient (Wildman–Crippen LogP) is 17.2. The lowest BCUT2D eigenvalue weighted by Gasteiger charge is -2.35. The molecule has 84 heavy (non-hydrogen) atoms. The molecular weight excluding hydrogens is 1030 g/mol. The summed E-state index contributed by atoms with van der Waals surface area (Å²) in [7, 11) is 0. The number of ether oxygens (including phenoxy) is 2. The van der Waals surface area contributed by atoms with Crippen LogP contribution in [0.1, 0.15) is 239 Å². The standard InChI is InChI=1S/C74H100B2N4O4/c1-5-9-13-17-21-25-29-37-59(38-30-26-22-18-14-10-6-2)83-61-49-45-57(46-50-61)75-77-65-41-33-35-55-43-53-63(71(79-75)67(55)65)69-73(81)70(74(69)82)64-54-44-56-36-34-42-66-68(56)72(64)80-76(78-66)58-47-51-62(52-48-58)84-60(39-31-27-23-19-15-11-7-3)40-32-28-24-20-16-12-8-4/h33-36,41-54,59-60,77-79,81H,5-32,37-40H2,1-4H3/p-1/b70-64-. The van der Waals surface area contributed by atoms with E-state index >= 15 is 0 Å². The van der Waals surface area contributed by atoms with Gasteiger partial charge in [0.05, 0.1) is 17.6 Å². The van der Waals surface area contributed by atoms with Gasteiger partial charge in [0.1, 0.15) is 11.5 Å². The molecule has 9 rings (SSSR count). The summed E-state index contributed by atoms with van der Waals surface area (Å²) >= 11 is 0. The van der Waals surface area contributed by atoms with Gasteiger partial charge in [-0.1, -0.05) is 260 Å². The van der Waals surface area contributed by atoms with E-state index in [9.17, 15) is 9.90 Å². The number of allylic oxidation sites excluding steroid dienone is 2. The number of carbonyl (C=O) groups is 1. The summed E-state index contributed by atoms with van der Waals surface area (Å²) in [5.41, 5.74) is 5.73. The van der Waals surface area contributed by atoms with E-state index in [1.807, 2.05) is 30.3 Å². The molecule has 446 valence electrons. The van der Waals surface area contributed by atoms with Crippen molar-refractivity contribution in [3.63, 3.8) is 0 Å². The van der Waals surface area contributed by atoms with Gasteiger partial charge in [0.25, 0.3) is 0 Å². The topological polar surface area (TPSA) is 107 Å². The van der Waals surface area contributed by atoms with E-state index in [2.05, 4.69) is 122 Å². The fourth-order valence-electron chi connectivity index (χ4n) is 13.2. The molecule has 0 saturated carbocycles. The Morgan fingerprint density at radius 1 is 0.440 bits per heavy atom. The molecule has 0 spiro atoms. The largest absolute Gasteiger partial charge is 0.871 e. The third kappa shape index (κ3) is 16.6. The Labute approximate surface area is 505 Å². The van der Waals surface area contributed by atoms with Crippen LogP contribution in [0.5, 0.6) is 11.5 Å². The molecule has 10 heteroatoms. The average Bonchev–Trinajstić information content (AvgIpc) is 1.07. The minimum atomic E-state index is -0.423. The number of hydrogen-bond donors (Lipinski definition) is 3. The minimum absolute atomic E-state index is 0.191. The second kappa shape index (κ2) is 32.9. The summed E-state index contributed by atoms with van der Waals surface area (Å²) in [6, 6.07) is 37.2. The molecule has 0 amide bonds. The van der Waals surface area contributed by atoms with Gasteiger partial charge in [-0.25, -0.2) is 0 Å². The molecule has 2 heterocycles. The molecule has 3 N–H and O–H groups in total. The van der Waals surface area contributed by atoms with E-state index < -0.39 is 6.98 Å². The normalized spacial score (nSPS) is 14.3. The third-order valence-corrected chi connectivity index (χ3v) is 18.2. The van der Waals surface area contributed by atoms with E-state index in [0.29, 0.717) is 16.1 Å². The molecule has 0 radical (unpaired) electrons. The van der Waals surface area contributed by atoms with Crippen molar-refractivity contribution in [2.45, 2.75) is 245 Å². The van der Waals surface area contributed by atoms with Crippen molar-refractivity contribution in [2.24, 2.45) is 4.90 Å². The van der Waals surface area contributed by atoms with Crippen molar-refractivity contribution in [1.29, 1.82) is 0 Å². The molecule has 8 nitrogen and oxygen atoms in total. The number of rotatable bonds is 39. The highest BCUT2D eigenvalue weighted by molar-refractivity contribution is 6.80. The summed E-state index contributed by atoms with van der Waals surface area (Å²) in [6.45, 7) is 8.40. The van der Waals surface area contributed by atoms with E-state index in [-0.39, 0.29) is 41.9 Å². The molecule has 0 atom stereocenters. The Hall–Kier alpha value is -6.15. The predicted molar refractivity (Wildman–Crippen MR) is 358 cm³/mol. The summed E-state index contributed by atoms with van der Waals surface area (Å²) in [5, 5.41) is 31.2. The first-order chi connectivity index (χ1) is 41.4. The zero-order valence-electron chi connectivity index (χ0n) is 51.9. The average molecular weight is 1130 g/mol. The fourth-order valence-corrected chi connectivity index (χ4v) is 13.2. The maximum atomic E-state index is 14.9. The molecule has 0 fully saturated rings. The van der Waals surface area contributed by atoms with Gasteiger partial charge in [0.15, 0.2) is 5.78 Å². The van der Waals surface area contributed by atoms with E-state index in [0.717, 1.165) is 86.7 Å². The molecular formula is C74H99B2N4O4-. The van der Waals surface area contributed by atoms with Crippen molar-refractivity contribution in [3.05, 3.63) is 131 Å². The van der Waals surface area contributed by atoms with Crippen molar-refractivity contribution in [2.75, 3.05) is 15.7 Å². The zero-order chi connectivity index (χ0) is 58.3. The number of hydrogen-bond acceptors (Lipinski definition) is 8. The van der Waals surface area contributed by atoms with E-state index in [1.165, 1.54) is 180 Å². The lowest BCUT2D eigenvalue weighted by molar-refractivity contribution is -0.292. The number of carbonyl (C=O) groups excluding carboxylic acids is 1. The van der Waals surface area contributed by atoms with Crippen LogP contribution < -0.4 is 51.8 Å². The van der Waals surface area contributed by atoms with Gasteiger partial charge in [-0.15, -0.1) is 0 Å². The summed E-state index contributed by atoms with van der Waals surface area (Å²) in [5.74, 6) is 1.29. The molecule has 2 aliphatic heterocycles. The van der Waals surface area contributed by atoms with Crippen molar-refractivity contribution >= 4 is 80.4 Å². The maximum Gasteiger partial charge on any atom is 0.427 e. The number of ketones is 1. The Kier molecular flexibility index (Phi) is 24.5. The van der Waals surface area contributed by atoms with Gasteiger partial charge in [0.2, 0.25) is 0 Å². The first-order valence-corrected chi connectivity index (χ1v) is 33.9. The Balaban J connectivity index is 0.924. The van der Waals surface area contributed by atoms with Gasteiger partial charge in [-0.05, 0) is 109 Å². The molecule has 6 aromatic rings. The highest BCUT2D eigenvalue weighted by Crippen LogP contribution is 2.44. The van der Waals surface area contributed by atoms with E-state index in [1.54, 1.807) is 0 Å². The van der Waals surface area contributed by atoms with Gasteiger partial charge in [-0.2, -0.15) is 0 Å². The highest BCUT2D eigenvalue weighted by Gasteiger charge is 2.35. The van der Waals surface area contributed by atoms with Crippen LogP contribution in [-0.4, -0.2) is 32.0 Å². The first kappa shape index (κ1) is 62.4. The van der Waals surface area contributed by atoms with Crippen LogP contribution >= 0.6 is 0 Å². The summed E-state index contributed by atoms with van der Waals surface area (Å²) < 4.78 is 13.6. The van der Waals surface area contributed by atoms with Gasteiger partial charge >= 0.3 is 14.0 Å². The van der Waals surface area contributed by atoms with Crippen molar-refractivity contribution in [1.82, 2.24) is 0 Å². The molecule has 3 aliphatic rings. The van der Waals surface area contributed by atoms with Crippen molar-refractivity contribution in [3.8, 4) is 11.5 Å². The lowest BCUT2D eigenvalue weighted by atomic mass is 9.65. The van der Waals surface area contributed by atoms with Crippen LogP contribution in [0.2, 0.25) is 0 Å². The second-order valence-corrected chi connectivity index (χ2v) is 24.8. The Morgan fingerprint density at radius 2 is 0.869 bits per heavy atom. The fraction of sp³-hybridized carbons (Fsp3) is 0.514. The molecule has 0 aromatic heterocycles.